The van der Waals surface area contributed by atoms with Crippen molar-refractivity contribution in [2.24, 2.45) is 0 Å². The Labute approximate surface area is 156 Å². The van der Waals surface area contributed by atoms with Crippen molar-refractivity contribution in [3.05, 3.63) is 60.2 Å². The van der Waals surface area contributed by atoms with Crippen molar-refractivity contribution in [1.29, 1.82) is 0 Å². The zero-order chi connectivity index (χ0) is 18.4. The third-order valence-corrected chi connectivity index (χ3v) is 6.14. The zero-order valence-corrected chi connectivity index (χ0v) is 15.9. The first kappa shape index (κ1) is 18.9. The van der Waals surface area contributed by atoms with E-state index in [0.29, 0.717) is 12.4 Å². The SMILES string of the molecule is CCOc1ccc(S(=O)(=O)NC2CCN(Cc3ccccc3)CC2)cc1. The molecule has 1 fully saturated rings. The molecule has 1 heterocycles. The maximum absolute atomic E-state index is 12.6. The van der Waals surface area contributed by atoms with E-state index < -0.39 is 10.0 Å². The van der Waals surface area contributed by atoms with E-state index in [1.165, 1.54) is 5.56 Å². The monoisotopic (exact) mass is 374 g/mol. The Hall–Kier alpha value is -1.89. The lowest BCUT2D eigenvalue weighted by molar-refractivity contribution is 0.200. The van der Waals surface area contributed by atoms with Crippen LogP contribution in [-0.4, -0.2) is 39.1 Å². The van der Waals surface area contributed by atoms with Gasteiger partial charge >= 0.3 is 0 Å². The summed E-state index contributed by atoms with van der Waals surface area (Å²) >= 11 is 0. The number of piperidine rings is 1. The molecular weight excluding hydrogens is 348 g/mol. The van der Waals surface area contributed by atoms with E-state index >= 15 is 0 Å². The largest absolute Gasteiger partial charge is 0.494 e. The number of likely N-dealkylation sites (tertiary alicyclic amines) is 1. The molecule has 0 aliphatic carbocycles. The van der Waals surface area contributed by atoms with Crippen molar-refractivity contribution in [3.63, 3.8) is 0 Å². The first-order valence-electron chi connectivity index (χ1n) is 9.08. The number of nitrogens with zero attached hydrogens (tertiary/aromatic N) is 1. The normalized spacial score (nSPS) is 16.5. The Morgan fingerprint density at radius 2 is 1.69 bits per heavy atom. The average molecular weight is 375 g/mol. The van der Waals surface area contributed by atoms with E-state index in [9.17, 15) is 8.42 Å². The summed E-state index contributed by atoms with van der Waals surface area (Å²) in [5, 5.41) is 0. The highest BCUT2D eigenvalue weighted by Crippen LogP contribution is 2.19. The van der Waals surface area contributed by atoms with Crippen LogP contribution < -0.4 is 9.46 Å². The predicted molar refractivity (Wildman–Crippen MR) is 103 cm³/mol. The molecule has 0 saturated carbocycles. The van der Waals surface area contributed by atoms with Crippen LogP contribution >= 0.6 is 0 Å². The number of hydrogen-bond acceptors (Lipinski definition) is 4. The number of nitrogens with one attached hydrogen (secondary N) is 1. The van der Waals surface area contributed by atoms with Crippen molar-refractivity contribution in [2.45, 2.75) is 37.2 Å². The standard InChI is InChI=1S/C20H26N2O3S/c1-2-25-19-8-10-20(11-9-19)26(23,24)21-18-12-14-22(15-13-18)16-17-6-4-3-5-7-17/h3-11,18,21H,2,12-16H2,1H3. The second-order valence-electron chi connectivity index (χ2n) is 6.56. The number of hydrogen-bond donors (Lipinski definition) is 1. The van der Waals surface area contributed by atoms with Crippen LogP contribution in [0.1, 0.15) is 25.3 Å². The number of benzene rings is 2. The van der Waals surface area contributed by atoms with Gasteiger partial charge in [-0.05, 0) is 49.6 Å². The van der Waals surface area contributed by atoms with Crippen molar-refractivity contribution in [3.8, 4) is 5.75 Å². The van der Waals surface area contributed by atoms with Crippen molar-refractivity contribution in [1.82, 2.24) is 9.62 Å². The molecule has 0 spiro atoms. The van der Waals surface area contributed by atoms with E-state index in [1.807, 2.05) is 25.1 Å². The maximum Gasteiger partial charge on any atom is 0.240 e. The molecule has 0 amide bonds. The van der Waals surface area contributed by atoms with E-state index in [4.69, 9.17) is 4.74 Å². The molecule has 0 bridgehead atoms. The average Bonchev–Trinajstić information content (AvgIpc) is 2.65. The summed E-state index contributed by atoms with van der Waals surface area (Å²) in [7, 11) is -3.49. The first-order valence-corrected chi connectivity index (χ1v) is 10.6. The molecule has 0 radical (unpaired) electrons. The lowest BCUT2D eigenvalue weighted by Gasteiger charge is -2.32. The summed E-state index contributed by atoms with van der Waals surface area (Å²) in [6, 6.07) is 16.9. The molecule has 26 heavy (non-hydrogen) atoms. The van der Waals surface area contributed by atoms with Gasteiger partial charge in [0, 0.05) is 25.7 Å². The summed E-state index contributed by atoms with van der Waals surface area (Å²) < 4.78 is 33.4. The fourth-order valence-corrected chi connectivity index (χ4v) is 4.52. The Kier molecular flexibility index (Phi) is 6.29. The van der Waals surface area contributed by atoms with Crippen LogP contribution in [0, 0.1) is 0 Å². The lowest BCUT2D eigenvalue weighted by atomic mass is 10.1. The maximum atomic E-state index is 12.6. The fraction of sp³-hybridized carbons (Fsp3) is 0.400. The Bertz CT molecular complexity index is 784. The number of ether oxygens (including phenoxy) is 1. The van der Waals surface area contributed by atoms with E-state index in [-0.39, 0.29) is 10.9 Å². The topological polar surface area (TPSA) is 58.6 Å². The minimum atomic E-state index is -3.49. The molecular formula is C20H26N2O3S. The molecule has 0 unspecified atom stereocenters. The molecule has 3 rings (SSSR count). The summed E-state index contributed by atoms with van der Waals surface area (Å²) in [6.45, 7) is 5.16. The number of rotatable bonds is 7. The minimum Gasteiger partial charge on any atom is -0.494 e. The second-order valence-corrected chi connectivity index (χ2v) is 8.28. The molecule has 1 saturated heterocycles. The van der Waals surface area contributed by atoms with Crippen LogP contribution in [0.3, 0.4) is 0 Å². The molecule has 1 N–H and O–H groups in total. The summed E-state index contributed by atoms with van der Waals surface area (Å²) in [5.41, 5.74) is 1.29. The van der Waals surface area contributed by atoms with Gasteiger partial charge in [-0.1, -0.05) is 30.3 Å². The van der Waals surface area contributed by atoms with Crippen molar-refractivity contribution in [2.75, 3.05) is 19.7 Å². The van der Waals surface area contributed by atoms with Gasteiger partial charge in [0.2, 0.25) is 10.0 Å². The third-order valence-electron chi connectivity index (χ3n) is 4.60. The van der Waals surface area contributed by atoms with Crippen molar-refractivity contribution >= 4 is 10.0 Å². The van der Waals surface area contributed by atoms with Crippen LogP contribution in [0.2, 0.25) is 0 Å². The molecule has 1 aliphatic rings. The Morgan fingerprint density at radius 3 is 2.31 bits per heavy atom. The van der Waals surface area contributed by atoms with E-state index in [0.717, 1.165) is 32.5 Å². The van der Waals surface area contributed by atoms with Crippen molar-refractivity contribution < 1.29 is 13.2 Å². The van der Waals surface area contributed by atoms with Crippen LogP contribution in [0.4, 0.5) is 0 Å². The first-order chi connectivity index (χ1) is 12.6. The number of sulfonamides is 1. The van der Waals surface area contributed by atoms with Gasteiger partial charge in [0.15, 0.2) is 0 Å². The zero-order valence-electron chi connectivity index (χ0n) is 15.1. The highest BCUT2D eigenvalue weighted by molar-refractivity contribution is 7.89. The predicted octanol–water partition coefficient (Wildman–Crippen LogP) is 3.03. The van der Waals surface area contributed by atoms with Gasteiger partial charge in [-0.2, -0.15) is 0 Å². The van der Waals surface area contributed by atoms with Gasteiger partial charge in [-0.25, -0.2) is 13.1 Å². The van der Waals surface area contributed by atoms with E-state index in [2.05, 4.69) is 21.8 Å². The highest BCUT2D eigenvalue weighted by Gasteiger charge is 2.24. The second kappa shape index (κ2) is 8.66. The summed E-state index contributed by atoms with van der Waals surface area (Å²) in [4.78, 5) is 2.66. The molecule has 1 aliphatic heterocycles. The molecule has 2 aromatic carbocycles. The summed E-state index contributed by atoms with van der Waals surface area (Å²) in [5.74, 6) is 0.681. The lowest BCUT2D eigenvalue weighted by Crippen LogP contribution is -2.44. The van der Waals surface area contributed by atoms with Gasteiger partial charge < -0.3 is 4.74 Å². The highest BCUT2D eigenvalue weighted by atomic mass is 32.2. The molecule has 0 atom stereocenters. The van der Waals surface area contributed by atoms with Gasteiger partial charge in [0.1, 0.15) is 5.75 Å². The van der Waals surface area contributed by atoms with Gasteiger partial charge in [0.25, 0.3) is 0 Å². The molecule has 2 aromatic rings. The Balaban J connectivity index is 1.53. The summed E-state index contributed by atoms with van der Waals surface area (Å²) in [6.07, 6.45) is 1.65. The quantitative estimate of drug-likeness (QED) is 0.809. The van der Waals surface area contributed by atoms with E-state index in [1.54, 1.807) is 24.3 Å². The van der Waals surface area contributed by atoms with Crippen LogP contribution in [0.15, 0.2) is 59.5 Å². The smallest absolute Gasteiger partial charge is 0.240 e. The molecule has 5 nitrogen and oxygen atoms in total. The third kappa shape index (κ3) is 5.06. The molecule has 6 heteroatoms. The van der Waals surface area contributed by atoms with Gasteiger partial charge in [0.05, 0.1) is 11.5 Å². The minimum absolute atomic E-state index is 0.0152. The Morgan fingerprint density at radius 1 is 1.04 bits per heavy atom. The van der Waals surface area contributed by atoms with Gasteiger partial charge in [-0.15, -0.1) is 0 Å². The molecule has 0 aromatic heterocycles. The van der Waals surface area contributed by atoms with Crippen LogP contribution in [-0.2, 0) is 16.6 Å². The fourth-order valence-electron chi connectivity index (χ4n) is 3.22. The van der Waals surface area contributed by atoms with Crippen LogP contribution in [0.25, 0.3) is 0 Å². The van der Waals surface area contributed by atoms with Gasteiger partial charge in [-0.3, -0.25) is 4.90 Å². The van der Waals surface area contributed by atoms with Crippen LogP contribution in [0.5, 0.6) is 5.75 Å². The molecule has 140 valence electrons.